The van der Waals surface area contributed by atoms with E-state index in [1.54, 1.807) is 13.0 Å². The van der Waals surface area contributed by atoms with Crippen LogP contribution < -0.4 is 0 Å². The summed E-state index contributed by atoms with van der Waals surface area (Å²) in [6.07, 6.45) is 8.06. The first-order valence-corrected chi connectivity index (χ1v) is 7.75. The maximum Gasteiger partial charge on any atom is 0.330 e. The lowest BCUT2D eigenvalue weighted by Gasteiger charge is -2.34. The Labute approximate surface area is 132 Å². The molecule has 1 aliphatic carbocycles. The van der Waals surface area contributed by atoms with E-state index in [-0.39, 0.29) is 12.5 Å². The van der Waals surface area contributed by atoms with E-state index in [4.69, 9.17) is 4.74 Å². The second-order valence-electron chi connectivity index (χ2n) is 6.23. The van der Waals surface area contributed by atoms with Crippen LogP contribution in [0.5, 0.6) is 0 Å². The van der Waals surface area contributed by atoms with Crippen molar-refractivity contribution < 1.29 is 14.6 Å². The lowest BCUT2D eigenvalue weighted by Crippen LogP contribution is -2.40. The van der Waals surface area contributed by atoms with Gasteiger partial charge in [0.05, 0.1) is 5.60 Å². The van der Waals surface area contributed by atoms with E-state index >= 15 is 0 Å². The summed E-state index contributed by atoms with van der Waals surface area (Å²) < 4.78 is 5.21. The molecule has 1 unspecified atom stereocenters. The molecule has 0 saturated heterocycles. The maximum absolute atomic E-state index is 11.8. The summed E-state index contributed by atoms with van der Waals surface area (Å²) in [5, 5.41) is 10.5. The van der Waals surface area contributed by atoms with Crippen LogP contribution in [0.4, 0.5) is 0 Å². The molecule has 0 amide bonds. The number of carbonyl (C=O) groups excluding carboxylic acids is 1. The molecule has 0 fully saturated rings. The standard InChI is InChI=1S/C19H24O3/c1-15-8-11-17(12-9-15)19(2,21)14-22-18(20)13-10-16-6-4-3-5-7-16/h3-8,10,13,17,21H,9,11-12,14H2,1-2H3/b13-10+/t17-,19?/m0/s1. The van der Waals surface area contributed by atoms with Gasteiger partial charge in [-0.1, -0.05) is 42.0 Å². The van der Waals surface area contributed by atoms with Crippen LogP contribution in [0, 0.1) is 5.92 Å². The highest BCUT2D eigenvalue weighted by molar-refractivity contribution is 5.87. The molecule has 1 aliphatic rings. The van der Waals surface area contributed by atoms with Gasteiger partial charge in [-0.2, -0.15) is 0 Å². The number of hydrogen-bond donors (Lipinski definition) is 1. The molecule has 1 aromatic carbocycles. The summed E-state index contributed by atoms with van der Waals surface area (Å²) in [4.78, 5) is 11.8. The van der Waals surface area contributed by atoms with Gasteiger partial charge in [-0.3, -0.25) is 0 Å². The molecule has 0 saturated carbocycles. The summed E-state index contributed by atoms with van der Waals surface area (Å²) >= 11 is 0. The molecule has 0 radical (unpaired) electrons. The summed E-state index contributed by atoms with van der Waals surface area (Å²) in [5.41, 5.74) is 1.34. The SMILES string of the molecule is CC1=CC[C@H](C(C)(O)COC(=O)/C=C/c2ccccc2)CC1. The average Bonchev–Trinajstić information content (AvgIpc) is 2.52. The molecule has 1 aromatic rings. The van der Waals surface area contributed by atoms with E-state index < -0.39 is 11.6 Å². The Hall–Kier alpha value is -1.87. The van der Waals surface area contributed by atoms with Crippen LogP contribution >= 0.6 is 0 Å². The molecule has 0 aromatic heterocycles. The fraction of sp³-hybridized carbons (Fsp3) is 0.421. The van der Waals surface area contributed by atoms with Gasteiger partial charge in [-0.05, 0) is 50.7 Å². The summed E-state index contributed by atoms with van der Waals surface area (Å²) in [6, 6.07) is 9.57. The Morgan fingerprint density at radius 3 is 2.77 bits per heavy atom. The first-order valence-electron chi connectivity index (χ1n) is 7.75. The van der Waals surface area contributed by atoms with Crippen LogP contribution in [0.1, 0.15) is 38.7 Å². The molecule has 118 valence electrons. The predicted octanol–water partition coefficient (Wildman–Crippen LogP) is 3.74. The second-order valence-corrected chi connectivity index (χ2v) is 6.23. The molecule has 2 atom stereocenters. The molecule has 3 nitrogen and oxygen atoms in total. The van der Waals surface area contributed by atoms with Gasteiger partial charge >= 0.3 is 5.97 Å². The quantitative estimate of drug-likeness (QED) is 0.512. The fourth-order valence-electron chi connectivity index (χ4n) is 2.64. The lowest BCUT2D eigenvalue weighted by molar-refractivity contribution is -0.148. The van der Waals surface area contributed by atoms with E-state index in [1.165, 1.54) is 11.6 Å². The maximum atomic E-state index is 11.8. The second kappa shape index (κ2) is 7.41. The number of carbonyl (C=O) groups is 1. The third kappa shape index (κ3) is 4.85. The lowest BCUT2D eigenvalue weighted by atomic mass is 9.79. The normalized spacial score (nSPS) is 21.2. The minimum absolute atomic E-state index is 0.0303. The van der Waals surface area contributed by atoms with Gasteiger partial charge in [0.15, 0.2) is 0 Å². The third-order valence-electron chi connectivity index (χ3n) is 4.24. The van der Waals surface area contributed by atoms with Crippen molar-refractivity contribution in [3.8, 4) is 0 Å². The predicted molar refractivity (Wildman–Crippen MR) is 88.2 cm³/mol. The number of benzene rings is 1. The fourth-order valence-corrected chi connectivity index (χ4v) is 2.64. The van der Waals surface area contributed by atoms with Crippen LogP contribution in [0.15, 0.2) is 48.1 Å². The largest absolute Gasteiger partial charge is 0.459 e. The Bertz CT molecular complexity index is 555. The van der Waals surface area contributed by atoms with Gasteiger partial charge in [-0.25, -0.2) is 4.79 Å². The van der Waals surface area contributed by atoms with Crippen molar-refractivity contribution in [2.75, 3.05) is 6.61 Å². The molecule has 0 heterocycles. The van der Waals surface area contributed by atoms with Crippen molar-refractivity contribution in [3.63, 3.8) is 0 Å². The number of aliphatic hydroxyl groups is 1. The van der Waals surface area contributed by atoms with Crippen molar-refractivity contribution in [2.24, 2.45) is 5.92 Å². The monoisotopic (exact) mass is 300 g/mol. The molecule has 1 N–H and O–H groups in total. The van der Waals surface area contributed by atoms with E-state index in [0.717, 1.165) is 24.8 Å². The van der Waals surface area contributed by atoms with Crippen molar-refractivity contribution >= 4 is 12.0 Å². The molecule has 2 rings (SSSR count). The smallest absolute Gasteiger partial charge is 0.330 e. The van der Waals surface area contributed by atoms with Crippen molar-refractivity contribution in [3.05, 3.63) is 53.6 Å². The number of allylic oxidation sites excluding steroid dienone is 2. The first kappa shape index (κ1) is 16.5. The van der Waals surface area contributed by atoms with Gasteiger partial charge in [0.25, 0.3) is 0 Å². The van der Waals surface area contributed by atoms with Crippen LogP contribution in [0.3, 0.4) is 0 Å². The third-order valence-corrected chi connectivity index (χ3v) is 4.24. The molecule has 3 heteroatoms. The zero-order valence-electron chi connectivity index (χ0n) is 13.3. The zero-order chi connectivity index (χ0) is 16.0. The molecular weight excluding hydrogens is 276 g/mol. The number of hydrogen-bond acceptors (Lipinski definition) is 3. The van der Waals surface area contributed by atoms with Gasteiger partial charge < -0.3 is 9.84 Å². The van der Waals surface area contributed by atoms with Crippen molar-refractivity contribution in [1.29, 1.82) is 0 Å². The summed E-state index contributed by atoms with van der Waals surface area (Å²) in [5.74, 6) is -0.284. The van der Waals surface area contributed by atoms with Crippen LogP contribution in [-0.2, 0) is 9.53 Å². The van der Waals surface area contributed by atoms with Crippen molar-refractivity contribution in [2.45, 2.75) is 38.7 Å². The topological polar surface area (TPSA) is 46.5 Å². The minimum Gasteiger partial charge on any atom is -0.459 e. The molecule has 0 bridgehead atoms. The average molecular weight is 300 g/mol. The Morgan fingerprint density at radius 1 is 1.41 bits per heavy atom. The Kier molecular flexibility index (Phi) is 5.56. The zero-order valence-corrected chi connectivity index (χ0v) is 13.3. The summed E-state index contributed by atoms with van der Waals surface area (Å²) in [6.45, 7) is 3.89. The summed E-state index contributed by atoms with van der Waals surface area (Å²) in [7, 11) is 0. The van der Waals surface area contributed by atoms with Crippen LogP contribution in [0.2, 0.25) is 0 Å². The molecule has 22 heavy (non-hydrogen) atoms. The number of rotatable bonds is 5. The van der Waals surface area contributed by atoms with Gasteiger partial charge in [-0.15, -0.1) is 0 Å². The Balaban J connectivity index is 1.83. The van der Waals surface area contributed by atoms with E-state index in [2.05, 4.69) is 13.0 Å². The highest BCUT2D eigenvalue weighted by Crippen LogP contribution is 2.32. The number of esters is 1. The molecule has 0 aliphatic heterocycles. The first-order chi connectivity index (χ1) is 10.5. The van der Waals surface area contributed by atoms with E-state index in [0.29, 0.717) is 0 Å². The van der Waals surface area contributed by atoms with Gasteiger partial charge in [0, 0.05) is 6.08 Å². The van der Waals surface area contributed by atoms with Crippen molar-refractivity contribution in [1.82, 2.24) is 0 Å². The highest BCUT2D eigenvalue weighted by Gasteiger charge is 2.33. The molecule has 0 spiro atoms. The number of ether oxygens (including phenoxy) is 1. The van der Waals surface area contributed by atoms with Crippen LogP contribution in [0.25, 0.3) is 6.08 Å². The highest BCUT2D eigenvalue weighted by atomic mass is 16.5. The molecular formula is C19H24O3. The minimum atomic E-state index is -0.979. The van der Waals surface area contributed by atoms with Gasteiger partial charge in [0.1, 0.15) is 6.61 Å². The Morgan fingerprint density at radius 2 is 2.14 bits per heavy atom. The van der Waals surface area contributed by atoms with Gasteiger partial charge in [0.2, 0.25) is 0 Å². The van der Waals surface area contributed by atoms with Crippen LogP contribution in [-0.4, -0.2) is 23.3 Å². The van der Waals surface area contributed by atoms with E-state index in [9.17, 15) is 9.90 Å². The van der Waals surface area contributed by atoms with E-state index in [1.807, 2.05) is 30.3 Å².